The molecule has 2 aromatic heterocycles. The standard InChI is InChI=1S/C14H19N3O/c1-11-12(6-7-18-11)9-17(2)10-14-5-3-4-13(8-15)16-14/h3-7H,8-10,15H2,1-2H3. The molecule has 0 amide bonds. The van der Waals surface area contributed by atoms with E-state index in [9.17, 15) is 0 Å². The van der Waals surface area contributed by atoms with E-state index in [0.717, 1.165) is 30.2 Å². The molecule has 0 spiro atoms. The van der Waals surface area contributed by atoms with Gasteiger partial charge in [0.25, 0.3) is 0 Å². The molecule has 0 radical (unpaired) electrons. The summed E-state index contributed by atoms with van der Waals surface area (Å²) in [6.07, 6.45) is 1.73. The van der Waals surface area contributed by atoms with Crippen LogP contribution in [0, 0.1) is 6.92 Å². The van der Waals surface area contributed by atoms with Gasteiger partial charge in [-0.15, -0.1) is 0 Å². The SMILES string of the molecule is Cc1occc1CN(C)Cc1cccc(CN)n1. The van der Waals surface area contributed by atoms with Gasteiger partial charge in [-0.3, -0.25) is 9.88 Å². The summed E-state index contributed by atoms with van der Waals surface area (Å²) in [6.45, 7) is 4.13. The molecule has 96 valence electrons. The lowest BCUT2D eigenvalue weighted by Crippen LogP contribution is -2.18. The fourth-order valence-electron chi connectivity index (χ4n) is 1.93. The minimum absolute atomic E-state index is 0.485. The minimum atomic E-state index is 0.485. The van der Waals surface area contributed by atoms with Crippen LogP contribution in [0.25, 0.3) is 0 Å². The van der Waals surface area contributed by atoms with Crippen LogP contribution in [0.15, 0.2) is 34.9 Å². The molecule has 0 unspecified atom stereocenters. The molecule has 2 rings (SSSR count). The number of nitrogens with two attached hydrogens (primary N) is 1. The average Bonchev–Trinajstić information content (AvgIpc) is 2.75. The number of aromatic nitrogens is 1. The van der Waals surface area contributed by atoms with Crippen LogP contribution in [-0.4, -0.2) is 16.9 Å². The summed E-state index contributed by atoms with van der Waals surface area (Å²) in [6, 6.07) is 7.98. The van der Waals surface area contributed by atoms with E-state index in [4.69, 9.17) is 10.2 Å². The van der Waals surface area contributed by atoms with Crippen LogP contribution in [0.2, 0.25) is 0 Å². The fraction of sp³-hybridized carbons (Fsp3) is 0.357. The molecule has 2 heterocycles. The largest absolute Gasteiger partial charge is 0.469 e. The van der Waals surface area contributed by atoms with E-state index in [2.05, 4.69) is 16.9 Å². The van der Waals surface area contributed by atoms with Crippen LogP contribution < -0.4 is 5.73 Å². The molecule has 2 N–H and O–H groups in total. The van der Waals surface area contributed by atoms with E-state index in [-0.39, 0.29) is 0 Å². The first-order valence-electron chi connectivity index (χ1n) is 6.05. The van der Waals surface area contributed by atoms with Gasteiger partial charge >= 0.3 is 0 Å². The summed E-state index contributed by atoms with van der Waals surface area (Å²) in [5.74, 6) is 0.977. The first kappa shape index (κ1) is 12.8. The fourth-order valence-corrected chi connectivity index (χ4v) is 1.93. The monoisotopic (exact) mass is 245 g/mol. The van der Waals surface area contributed by atoms with Gasteiger partial charge in [0.05, 0.1) is 17.7 Å². The van der Waals surface area contributed by atoms with Gasteiger partial charge in [0, 0.05) is 25.2 Å². The third kappa shape index (κ3) is 3.18. The molecule has 4 nitrogen and oxygen atoms in total. The van der Waals surface area contributed by atoms with Crippen molar-refractivity contribution in [2.24, 2.45) is 5.73 Å². The van der Waals surface area contributed by atoms with Gasteiger partial charge < -0.3 is 10.2 Å². The molecule has 18 heavy (non-hydrogen) atoms. The summed E-state index contributed by atoms with van der Waals surface area (Å²) in [4.78, 5) is 6.70. The molecule has 2 aromatic rings. The highest BCUT2D eigenvalue weighted by Gasteiger charge is 2.07. The van der Waals surface area contributed by atoms with Crippen molar-refractivity contribution < 1.29 is 4.42 Å². The highest BCUT2D eigenvalue weighted by atomic mass is 16.3. The Labute approximate surface area is 107 Å². The Hall–Kier alpha value is -1.65. The maximum Gasteiger partial charge on any atom is 0.105 e. The number of nitrogens with zero attached hydrogens (tertiary/aromatic N) is 2. The van der Waals surface area contributed by atoms with E-state index < -0.39 is 0 Å². The van der Waals surface area contributed by atoms with Crippen molar-refractivity contribution in [3.8, 4) is 0 Å². The van der Waals surface area contributed by atoms with Crippen LogP contribution in [-0.2, 0) is 19.6 Å². The second-order valence-electron chi connectivity index (χ2n) is 4.50. The van der Waals surface area contributed by atoms with Gasteiger partial charge in [0.15, 0.2) is 0 Å². The average molecular weight is 245 g/mol. The Morgan fingerprint density at radius 3 is 2.67 bits per heavy atom. The van der Waals surface area contributed by atoms with Gasteiger partial charge in [-0.05, 0) is 32.2 Å². The van der Waals surface area contributed by atoms with Crippen molar-refractivity contribution >= 4 is 0 Å². The Morgan fingerprint density at radius 1 is 1.22 bits per heavy atom. The lowest BCUT2D eigenvalue weighted by molar-refractivity contribution is 0.312. The van der Waals surface area contributed by atoms with Crippen molar-refractivity contribution in [1.82, 2.24) is 9.88 Å². The third-order valence-corrected chi connectivity index (χ3v) is 2.91. The molecule has 0 saturated heterocycles. The van der Waals surface area contributed by atoms with Crippen molar-refractivity contribution in [1.29, 1.82) is 0 Å². The quantitative estimate of drug-likeness (QED) is 0.876. The number of hydrogen-bond donors (Lipinski definition) is 1. The topological polar surface area (TPSA) is 55.3 Å². The van der Waals surface area contributed by atoms with Crippen molar-refractivity contribution in [3.63, 3.8) is 0 Å². The molecule has 0 aromatic carbocycles. The van der Waals surface area contributed by atoms with E-state index in [1.165, 1.54) is 5.56 Å². The second kappa shape index (κ2) is 5.80. The number of aryl methyl sites for hydroxylation is 1. The molecular formula is C14H19N3O. The predicted octanol–water partition coefficient (Wildman–Crippen LogP) is 2.07. The van der Waals surface area contributed by atoms with E-state index in [1.54, 1.807) is 6.26 Å². The number of furan rings is 1. The van der Waals surface area contributed by atoms with E-state index in [1.807, 2.05) is 31.2 Å². The summed E-state index contributed by atoms with van der Waals surface area (Å²) in [5.41, 5.74) is 8.78. The van der Waals surface area contributed by atoms with Crippen LogP contribution in [0.5, 0.6) is 0 Å². The highest BCUT2D eigenvalue weighted by molar-refractivity contribution is 5.16. The third-order valence-electron chi connectivity index (χ3n) is 2.91. The zero-order valence-electron chi connectivity index (χ0n) is 10.9. The molecule has 0 aliphatic rings. The summed E-state index contributed by atoms with van der Waals surface area (Å²) < 4.78 is 5.29. The zero-order valence-corrected chi connectivity index (χ0v) is 10.9. The first-order chi connectivity index (χ1) is 8.69. The molecule has 0 atom stereocenters. The molecule has 4 heteroatoms. The second-order valence-corrected chi connectivity index (χ2v) is 4.50. The lowest BCUT2D eigenvalue weighted by atomic mass is 10.2. The molecule has 0 bridgehead atoms. The van der Waals surface area contributed by atoms with Crippen LogP contribution in [0.3, 0.4) is 0 Å². The number of hydrogen-bond acceptors (Lipinski definition) is 4. The molecule has 0 saturated carbocycles. The lowest BCUT2D eigenvalue weighted by Gasteiger charge is -2.16. The Balaban J connectivity index is 1.98. The normalized spacial score (nSPS) is 11.1. The summed E-state index contributed by atoms with van der Waals surface area (Å²) in [7, 11) is 2.07. The van der Waals surface area contributed by atoms with Crippen LogP contribution in [0.1, 0.15) is 22.7 Å². The Bertz CT molecular complexity index is 507. The molecule has 0 aliphatic heterocycles. The van der Waals surface area contributed by atoms with E-state index in [0.29, 0.717) is 6.54 Å². The van der Waals surface area contributed by atoms with Crippen LogP contribution in [0.4, 0.5) is 0 Å². The maximum atomic E-state index is 5.59. The number of pyridine rings is 1. The Kier molecular flexibility index (Phi) is 4.12. The Morgan fingerprint density at radius 2 is 2.00 bits per heavy atom. The van der Waals surface area contributed by atoms with Crippen LogP contribution >= 0.6 is 0 Å². The van der Waals surface area contributed by atoms with Gasteiger partial charge in [-0.2, -0.15) is 0 Å². The van der Waals surface area contributed by atoms with Gasteiger partial charge in [-0.25, -0.2) is 0 Å². The number of rotatable bonds is 5. The predicted molar refractivity (Wildman–Crippen MR) is 70.7 cm³/mol. The smallest absolute Gasteiger partial charge is 0.105 e. The maximum absolute atomic E-state index is 5.59. The van der Waals surface area contributed by atoms with Crippen molar-refractivity contribution in [2.45, 2.75) is 26.6 Å². The van der Waals surface area contributed by atoms with E-state index >= 15 is 0 Å². The van der Waals surface area contributed by atoms with Gasteiger partial charge in [0.1, 0.15) is 5.76 Å². The highest BCUT2D eigenvalue weighted by Crippen LogP contribution is 2.12. The van der Waals surface area contributed by atoms with Crippen molar-refractivity contribution in [3.05, 3.63) is 53.2 Å². The molecule has 0 aliphatic carbocycles. The van der Waals surface area contributed by atoms with Crippen molar-refractivity contribution in [2.75, 3.05) is 7.05 Å². The minimum Gasteiger partial charge on any atom is -0.469 e. The summed E-state index contributed by atoms with van der Waals surface area (Å²) in [5, 5.41) is 0. The molecule has 0 fully saturated rings. The van der Waals surface area contributed by atoms with Gasteiger partial charge in [0.2, 0.25) is 0 Å². The molecular weight excluding hydrogens is 226 g/mol. The zero-order chi connectivity index (χ0) is 13.0. The summed E-state index contributed by atoms with van der Waals surface area (Å²) >= 11 is 0. The first-order valence-corrected chi connectivity index (χ1v) is 6.05. The van der Waals surface area contributed by atoms with Gasteiger partial charge in [-0.1, -0.05) is 6.07 Å².